The van der Waals surface area contributed by atoms with E-state index in [1.165, 1.54) is 6.07 Å². The fourth-order valence-electron chi connectivity index (χ4n) is 4.38. The van der Waals surface area contributed by atoms with Gasteiger partial charge in [-0.2, -0.15) is 5.10 Å². The summed E-state index contributed by atoms with van der Waals surface area (Å²) in [6.45, 7) is 4.79. The summed E-state index contributed by atoms with van der Waals surface area (Å²) in [5.41, 5.74) is 0.343. The lowest BCUT2D eigenvalue weighted by atomic mass is 9.61. The number of carbonyl (C=O) groups is 1. The third-order valence-electron chi connectivity index (χ3n) is 6.07. The van der Waals surface area contributed by atoms with Crippen molar-refractivity contribution in [3.05, 3.63) is 46.3 Å². The topological polar surface area (TPSA) is 73.9 Å². The van der Waals surface area contributed by atoms with Crippen molar-refractivity contribution in [1.82, 2.24) is 25.4 Å². The summed E-state index contributed by atoms with van der Waals surface area (Å²) in [5.74, 6) is 2.25. The van der Waals surface area contributed by atoms with Crippen molar-refractivity contribution < 1.29 is 9.18 Å². The van der Waals surface area contributed by atoms with E-state index in [0.29, 0.717) is 22.4 Å². The molecule has 2 aliphatic rings. The first-order valence-corrected chi connectivity index (χ1v) is 10.3. The molecule has 1 amide bonds. The molecule has 28 heavy (non-hydrogen) atoms. The summed E-state index contributed by atoms with van der Waals surface area (Å²) >= 11 is 6.05. The van der Waals surface area contributed by atoms with Gasteiger partial charge in [-0.05, 0) is 43.4 Å². The highest BCUT2D eigenvalue weighted by molar-refractivity contribution is 6.31. The molecule has 1 aliphatic heterocycles. The number of halogens is 2. The number of likely N-dealkylation sites (tertiary alicyclic amines) is 1. The maximum absolute atomic E-state index is 13.9. The van der Waals surface area contributed by atoms with Crippen LogP contribution in [0.3, 0.4) is 0 Å². The predicted molar refractivity (Wildman–Crippen MR) is 104 cm³/mol. The summed E-state index contributed by atoms with van der Waals surface area (Å²) < 4.78 is 13.9. The van der Waals surface area contributed by atoms with Crippen molar-refractivity contribution in [3.8, 4) is 0 Å². The summed E-state index contributed by atoms with van der Waals surface area (Å²) in [6, 6.07) is 4.56. The van der Waals surface area contributed by atoms with E-state index in [2.05, 4.69) is 25.4 Å². The number of H-pyrrole nitrogens is 1. The van der Waals surface area contributed by atoms with Gasteiger partial charge in [-0.3, -0.25) is 14.8 Å². The largest absolute Gasteiger partial charge is 0.352 e. The second-order valence-corrected chi connectivity index (χ2v) is 8.17. The number of fused-ring (bicyclic) bond motifs is 1. The van der Waals surface area contributed by atoms with Crippen LogP contribution in [-0.2, 0) is 24.3 Å². The minimum Gasteiger partial charge on any atom is -0.352 e. The number of aromatic amines is 1. The molecule has 1 aliphatic carbocycles. The van der Waals surface area contributed by atoms with Gasteiger partial charge < -0.3 is 5.32 Å². The Kier molecular flexibility index (Phi) is 5.64. The molecule has 8 heteroatoms. The van der Waals surface area contributed by atoms with E-state index in [4.69, 9.17) is 11.6 Å². The van der Waals surface area contributed by atoms with Crippen LogP contribution in [-0.4, -0.2) is 39.1 Å². The Labute approximate surface area is 168 Å². The number of nitrogens with one attached hydrogen (secondary N) is 2. The lowest BCUT2D eigenvalue weighted by molar-refractivity contribution is -0.137. The Balaban J connectivity index is 1.32. The van der Waals surface area contributed by atoms with Gasteiger partial charge in [0, 0.05) is 36.0 Å². The van der Waals surface area contributed by atoms with Crippen LogP contribution in [0, 0.1) is 23.6 Å². The Bertz CT molecular complexity index is 837. The average Bonchev–Trinajstić information content (AvgIpc) is 3.11. The molecule has 1 saturated heterocycles. The number of rotatable bonds is 6. The second-order valence-electron chi connectivity index (χ2n) is 7.76. The second kappa shape index (κ2) is 8.17. The highest BCUT2D eigenvalue weighted by Crippen LogP contribution is 2.45. The molecule has 2 heterocycles. The van der Waals surface area contributed by atoms with E-state index in [1.807, 2.05) is 6.92 Å². The molecule has 2 fully saturated rings. The molecule has 4 rings (SSSR count). The van der Waals surface area contributed by atoms with Gasteiger partial charge >= 0.3 is 0 Å². The molecule has 150 valence electrons. The van der Waals surface area contributed by atoms with E-state index in [-0.39, 0.29) is 24.2 Å². The predicted octanol–water partition coefficient (Wildman–Crippen LogP) is 2.93. The SMILES string of the molecule is CCc1n[nH]c(CN2CC[C@@H]3C[C@@H](C(=O)NCc4c(F)cccc4Cl)[C@@H]3C2)n1. The maximum Gasteiger partial charge on any atom is 0.223 e. The number of benzene rings is 1. The summed E-state index contributed by atoms with van der Waals surface area (Å²) in [5, 5.41) is 10.4. The van der Waals surface area contributed by atoms with Crippen molar-refractivity contribution in [1.29, 1.82) is 0 Å². The van der Waals surface area contributed by atoms with Gasteiger partial charge in [-0.1, -0.05) is 24.6 Å². The summed E-state index contributed by atoms with van der Waals surface area (Å²) in [7, 11) is 0. The molecule has 1 saturated carbocycles. The number of piperidine rings is 1. The Morgan fingerprint density at radius 3 is 3.07 bits per heavy atom. The molecule has 0 radical (unpaired) electrons. The molecular formula is C20H25ClFN5O. The molecule has 0 bridgehead atoms. The smallest absolute Gasteiger partial charge is 0.223 e. The Hall–Kier alpha value is -1.99. The van der Waals surface area contributed by atoms with Crippen LogP contribution in [0.4, 0.5) is 4.39 Å². The lowest BCUT2D eigenvalue weighted by Gasteiger charge is -2.50. The molecule has 0 unspecified atom stereocenters. The van der Waals surface area contributed by atoms with Gasteiger partial charge in [0.2, 0.25) is 5.91 Å². The number of carbonyl (C=O) groups excluding carboxylic acids is 1. The van der Waals surface area contributed by atoms with Crippen molar-refractivity contribution in [3.63, 3.8) is 0 Å². The number of hydrogen-bond acceptors (Lipinski definition) is 4. The molecule has 1 aromatic carbocycles. The molecule has 1 aromatic heterocycles. The van der Waals surface area contributed by atoms with Gasteiger partial charge in [-0.15, -0.1) is 0 Å². The van der Waals surface area contributed by atoms with Crippen LogP contribution in [0.5, 0.6) is 0 Å². The number of amides is 1. The van der Waals surface area contributed by atoms with Crippen LogP contribution < -0.4 is 5.32 Å². The number of aryl methyl sites for hydroxylation is 1. The maximum atomic E-state index is 13.9. The van der Waals surface area contributed by atoms with E-state index in [9.17, 15) is 9.18 Å². The number of nitrogens with zero attached hydrogens (tertiary/aromatic N) is 3. The first-order chi connectivity index (χ1) is 13.5. The van der Waals surface area contributed by atoms with Crippen molar-refractivity contribution in [2.75, 3.05) is 13.1 Å². The lowest BCUT2D eigenvalue weighted by Crippen LogP contribution is -2.54. The minimum atomic E-state index is -0.387. The van der Waals surface area contributed by atoms with Gasteiger partial charge in [0.25, 0.3) is 0 Å². The van der Waals surface area contributed by atoms with Crippen molar-refractivity contribution >= 4 is 17.5 Å². The third kappa shape index (κ3) is 3.91. The van der Waals surface area contributed by atoms with E-state index in [1.54, 1.807) is 12.1 Å². The first-order valence-electron chi connectivity index (χ1n) is 9.88. The number of hydrogen-bond donors (Lipinski definition) is 2. The van der Waals surface area contributed by atoms with Gasteiger partial charge in [0.1, 0.15) is 17.5 Å². The molecule has 0 spiro atoms. The summed E-state index contributed by atoms with van der Waals surface area (Å²) in [4.78, 5) is 19.5. The average molecular weight is 406 g/mol. The summed E-state index contributed by atoms with van der Waals surface area (Å²) in [6.07, 6.45) is 2.83. The Morgan fingerprint density at radius 1 is 1.46 bits per heavy atom. The minimum absolute atomic E-state index is 0.00430. The van der Waals surface area contributed by atoms with Crippen LogP contribution in [0.1, 0.15) is 37.0 Å². The molecule has 6 nitrogen and oxygen atoms in total. The molecule has 2 N–H and O–H groups in total. The van der Waals surface area contributed by atoms with Gasteiger partial charge in [0.15, 0.2) is 0 Å². The zero-order valence-electron chi connectivity index (χ0n) is 15.9. The highest BCUT2D eigenvalue weighted by atomic mass is 35.5. The van der Waals surface area contributed by atoms with Crippen molar-refractivity contribution in [2.45, 2.75) is 39.3 Å². The standard InChI is InChI=1S/C20H25ClFN5O/c1-2-18-24-19(26-25-18)11-27-7-6-12-8-13(15(12)10-27)20(28)23-9-14-16(21)4-3-5-17(14)22/h3-5,12-13,15H,2,6-11H2,1H3,(H,23,28)(H,24,25,26)/t12-,13-,15-/m1/s1. The normalized spacial score (nSPS) is 24.5. The molecule has 3 atom stereocenters. The zero-order valence-corrected chi connectivity index (χ0v) is 16.7. The first kappa shape index (κ1) is 19.3. The van der Waals surface area contributed by atoms with E-state index >= 15 is 0 Å². The number of aromatic nitrogens is 3. The fraction of sp³-hybridized carbons (Fsp3) is 0.550. The van der Waals surface area contributed by atoms with Crippen molar-refractivity contribution in [2.24, 2.45) is 17.8 Å². The Morgan fingerprint density at radius 2 is 2.32 bits per heavy atom. The van der Waals surface area contributed by atoms with Crippen LogP contribution >= 0.6 is 11.6 Å². The highest BCUT2D eigenvalue weighted by Gasteiger charge is 2.47. The molecular weight excluding hydrogens is 381 g/mol. The van der Waals surface area contributed by atoms with E-state index in [0.717, 1.165) is 50.5 Å². The van der Waals surface area contributed by atoms with E-state index < -0.39 is 0 Å². The van der Waals surface area contributed by atoms with Gasteiger partial charge in [-0.25, -0.2) is 9.37 Å². The zero-order chi connectivity index (χ0) is 19.7. The monoisotopic (exact) mass is 405 g/mol. The van der Waals surface area contributed by atoms with Crippen LogP contribution in [0.25, 0.3) is 0 Å². The van der Waals surface area contributed by atoms with Gasteiger partial charge in [0.05, 0.1) is 6.54 Å². The van der Waals surface area contributed by atoms with Crippen LogP contribution in [0.15, 0.2) is 18.2 Å². The molecule has 2 aromatic rings. The fourth-order valence-corrected chi connectivity index (χ4v) is 4.61. The third-order valence-corrected chi connectivity index (χ3v) is 6.42. The van der Waals surface area contributed by atoms with Crippen LogP contribution in [0.2, 0.25) is 5.02 Å². The quantitative estimate of drug-likeness (QED) is 0.774.